The van der Waals surface area contributed by atoms with Gasteiger partial charge in [0.2, 0.25) is 5.91 Å². The van der Waals surface area contributed by atoms with Crippen LogP contribution in [0.25, 0.3) is 0 Å². The van der Waals surface area contributed by atoms with Crippen LogP contribution in [0.2, 0.25) is 0 Å². The van der Waals surface area contributed by atoms with Crippen molar-refractivity contribution in [3.05, 3.63) is 64.7 Å². The third-order valence-corrected chi connectivity index (χ3v) is 6.69. The van der Waals surface area contributed by atoms with Crippen molar-refractivity contribution in [2.75, 3.05) is 31.1 Å². The fourth-order valence-corrected chi connectivity index (χ4v) is 4.69. The molecular weight excluding hydrogens is 376 g/mol. The number of likely N-dealkylation sites (tertiary alicyclic amines) is 1. The molecule has 2 aliphatic heterocycles. The third-order valence-electron chi connectivity index (χ3n) is 6.69. The summed E-state index contributed by atoms with van der Waals surface area (Å²) >= 11 is 0. The Labute approximate surface area is 178 Å². The third kappa shape index (κ3) is 4.15. The number of hydrogen-bond donors (Lipinski definition) is 2. The number of fused-ring (bicyclic) bond motifs is 1. The first kappa shape index (κ1) is 21.0. The Morgan fingerprint density at radius 1 is 1.10 bits per heavy atom. The zero-order chi connectivity index (χ0) is 21.3. The van der Waals surface area contributed by atoms with Gasteiger partial charge in [0.25, 0.3) is 0 Å². The first-order valence-corrected chi connectivity index (χ1v) is 11.0. The van der Waals surface area contributed by atoms with Gasteiger partial charge in [0.05, 0.1) is 11.7 Å². The SMILES string of the molecule is CCC(=O)N1CCc2cc([C@H](O)CN3CCC(O)(c4ccc(C)cc4)CC3)ccc21. The summed E-state index contributed by atoms with van der Waals surface area (Å²) < 4.78 is 0. The maximum atomic E-state index is 12.1. The molecule has 0 unspecified atom stereocenters. The molecular formula is C25H32N2O3. The minimum atomic E-state index is -0.780. The highest BCUT2D eigenvalue weighted by Crippen LogP contribution is 2.34. The number of carbonyl (C=O) groups excluding carboxylic acids is 1. The highest BCUT2D eigenvalue weighted by atomic mass is 16.3. The molecule has 1 atom stereocenters. The quantitative estimate of drug-likeness (QED) is 0.797. The van der Waals surface area contributed by atoms with Gasteiger partial charge in [-0.2, -0.15) is 0 Å². The Balaban J connectivity index is 1.37. The van der Waals surface area contributed by atoms with Crippen LogP contribution in [0, 0.1) is 6.92 Å². The number of benzene rings is 2. The molecule has 2 aromatic rings. The second-order valence-electron chi connectivity index (χ2n) is 8.75. The van der Waals surface area contributed by atoms with Gasteiger partial charge in [-0.1, -0.05) is 48.9 Å². The molecule has 0 aromatic heterocycles. The average molecular weight is 409 g/mol. The fourth-order valence-electron chi connectivity index (χ4n) is 4.69. The Bertz CT molecular complexity index is 901. The van der Waals surface area contributed by atoms with E-state index in [1.807, 2.05) is 48.2 Å². The second-order valence-corrected chi connectivity index (χ2v) is 8.75. The van der Waals surface area contributed by atoms with Crippen LogP contribution in [0.1, 0.15) is 54.5 Å². The largest absolute Gasteiger partial charge is 0.387 e. The molecule has 5 nitrogen and oxygen atoms in total. The van der Waals surface area contributed by atoms with Gasteiger partial charge < -0.3 is 20.0 Å². The Hall–Kier alpha value is -2.21. The van der Waals surface area contributed by atoms with Crippen LogP contribution in [0.3, 0.4) is 0 Å². The summed E-state index contributed by atoms with van der Waals surface area (Å²) in [5, 5.41) is 21.9. The number of piperidine rings is 1. The van der Waals surface area contributed by atoms with Crippen LogP contribution in [0.15, 0.2) is 42.5 Å². The highest BCUT2D eigenvalue weighted by Gasteiger charge is 2.34. The lowest BCUT2D eigenvalue weighted by Gasteiger charge is -2.39. The standard InChI is InChI=1S/C25H32N2O3/c1-3-24(29)27-13-10-19-16-20(6-9-22(19)27)23(28)17-26-14-11-25(30,12-15-26)21-7-4-18(2)5-8-21/h4-9,16,23,28,30H,3,10-15,17H2,1-2H3/t23-/m1/s1. The number of aliphatic hydroxyl groups is 2. The molecule has 1 amide bonds. The number of rotatable bonds is 5. The molecule has 0 radical (unpaired) electrons. The smallest absolute Gasteiger partial charge is 0.226 e. The summed E-state index contributed by atoms with van der Waals surface area (Å²) in [6, 6.07) is 14.1. The van der Waals surface area contributed by atoms with E-state index in [9.17, 15) is 15.0 Å². The van der Waals surface area contributed by atoms with Crippen LogP contribution in [-0.2, 0) is 16.8 Å². The Morgan fingerprint density at radius 2 is 1.80 bits per heavy atom. The van der Waals surface area contributed by atoms with Gasteiger partial charge in [0.1, 0.15) is 0 Å². The van der Waals surface area contributed by atoms with Crippen molar-refractivity contribution in [3.8, 4) is 0 Å². The van der Waals surface area contributed by atoms with Gasteiger partial charge in [0, 0.05) is 38.3 Å². The maximum absolute atomic E-state index is 12.1. The van der Waals surface area contributed by atoms with E-state index < -0.39 is 11.7 Å². The van der Waals surface area contributed by atoms with Crippen LogP contribution >= 0.6 is 0 Å². The first-order valence-electron chi connectivity index (χ1n) is 11.0. The van der Waals surface area contributed by atoms with Crippen LogP contribution in [0.4, 0.5) is 5.69 Å². The van der Waals surface area contributed by atoms with E-state index in [0.29, 0.717) is 25.8 Å². The summed E-state index contributed by atoms with van der Waals surface area (Å²) in [5.74, 6) is 0.149. The van der Waals surface area contributed by atoms with E-state index in [1.54, 1.807) is 0 Å². The molecule has 2 heterocycles. The minimum absolute atomic E-state index is 0.149. The van der Waals surface area contributed by atoms with E-state index >= 15 is 0 Å². The topological polar surface area (TPSA) is 64.0 Å². The second kappa shape index (κ2) is 8.50. The van der Waals surface area contributed by atoms with E-state index in [0.717, 1.165) is 48.4 Å². The monoisotopic (exact) mass is 408 g/mol. The van der Waals surface area contributed by atoms with Gasteiger partial charge in [-0.15, -0.1) is 0 Å². The molecule has 2 aromatic carbocycles. The van der Waals surface area contributed by atoms with Crippen molar-refractivity contribution >= 4 is 11.6 Å². The lowest BCUT2D eigenvalue weighted by atomic mass is 9.84. The molecule has 30 heavy (non-hydrogen) atoms. The zero-order valence-corrected chi connectivity index (χ0v) is 18.0. The number of carbonyl (C=O) groups is 1. The van der Waals surface area contributed by atoms with Gasteiger partial charge in [-0.3, -0.25) is 4.79 Å². The number of anilines is 1. The molecule has 1 fully saturated rings. The molecule has 0 bridgehead atoms. The molecule has 0 spiro atoms. The van der Waals surface area contributed by atoms with Gasteiger partial charge in [0.15, 0.2) is 0 Å². The molecule has 160 valence electrons. The van der Waals surface area contributed by atoms with Crippen LogP contribution < -0.4 is 4.90 Å². The highest BCUT2D eigenvalue weighted by molar-refractivity contribution is 5.95. The molecule has 1 saturated heterocycles. The van der Waals surface area contributed by atoms with Gasteiger partial charge in [-0.05, 0) is 48.9 Å². The summed E-state index contributed by atoms with van der Waals surface area (Å²) in [6.07, 6.45) is 2.11. The van der Waals surface area contributed by atoms with Crippen molar-refractivity contribution in [3.63, 3.8) is 0 Å². The summed E-state index contributed by atoms with van der Waals surface area (Å²) in [7, 11) is 0. The van der Waals surface area contributed by atoms with E-state index in [4.69, 9.17) is 0 Å². The molecule has 4 rings (SSSR count). The van der Waals surface area contributed by atoms with Crippen molar-refractivity contribution in [1.82, 2.24) is 4.90 Å². The fraction of sp³-hybridized carbons (Fsp3) is 0.480. The number of nitrogens with zero attached hydrogens (tertiary/aromatic N) is 2. The summed E-state index contributed by atoms with van der Waals surface area (Å²) in [6.45, 7) is 6.73. The average Bonchev–Trinajstić information content (AvgIpc) is 3.18. The molecule has 0 aliphatic carbocycles. The number of β-amino-alcohol motifs (C(OH)–C–C–N with tert-alkyl or cyclic N) is 1. The van der Waals surface area contributed by atoms with Crippen molar-refractivity contribution in [1.29, 1.82) is 0 Å². The summed E-state index contributed by atoms with van der Waals surface area (Å²) in [4.78, 5) is 16.2. The van der Waals surface area contributed by atoms with Crippen molar-refractivity contribution in [2.24, 2.45) is 0 Å². The molecule has 0 saturated carbocycles. The first-order chi connectivity index (χ1) is 14.4. The Morgan fingerprint density at radius 3 is 2.47 bits per heavy atom. The van der Waals surface area contributed by atoms with Gasteiger partial charge >= 0.3 is 0 Å². The number of hydrogen-bond acceptors (Lipinski definition) is 4. The van der Waals surface area contributed by atoms with Crippen LogP contribution in [0.5, 0.6) is 0 Å². The van der Waals surface area contributed by atoms with E-state index in [1.165, 1.54) is 5.56 Å². The maximum Gasteiger partial charge on any atom is 0.226 e. The zero-order valence-electron chi connectivity index (χ0n) is 18.0. The number of aliphatic hydroxyl groups excluding tert-OH is 1. The molecule has 5 heteroatoms. The van der Waals surface area contributed by atoms with Gasteiger partial charge in [-0.25, -0.2) is 0 Å². The lowest BCUT2D eigenvalue weighted by Crippen LogP contribution is -2.43. The summed E-state index contributed by atoms with van der Waals surface area (Å²) in [5.41, 5.74) is 4.42. The number of amides is 1. The molecule has 2 N–H and O–H groups in total. The lowest BCUT2D eigenvalue weighted by molar-refractivity contribution is -0.118. The van der Waals surface area contributed by atoms with Crippen molar-refractivity contribution < 1.29 is 15.0 Å². The minimum Gasteiger partial charge on any atom is -0.387 e. The number of aryl methyl sites for hydroxylation is 1. The Kier molecular flexibility index (Phi) is 5.96. The normalized spacial score (nSPS) is 19.5. The predicted molar refractivity (Wildman–Crippen MR) is 118 cm³/mol. The van der Waals surface area contributed by atoms with E-state index in [2.05, 4.69) is 17.9 Å². The predicted octanol–water partition coefficient (Wildman–Crippen LogP) is 3.31. The van der Waals surface area contributed by atoms with E-state index in [-0.39, 0.29) is 5.91 Å². The van der Waals surface area contributed by atoms with Crippen LogP contribution in [-0.4, -0.2) is 47.2 Å². The molecule has 2 aliphatic rings. The van der Waals surface area contributed by atoms with Crippen molar-refractivity contribution in [2.45, 2.75) is 51.2 Å².